The summed E-state index contributed by atoms with van der Waals surface area (Å²) in [5.41, 5.74) is 0.688. The second-order valence-corrected chi connectivity index (χ2v) is 5.43. The maximum atomic E-state index is 12.9. The molecule has 1 aliphatic heterocycles. The van der Waals surface area contributed by atoms with Crippen molar-refractivity contribution in [2.45, 2.75) is 37.8 Å². The van der Waals surface area contributed by atoms with E-state index in [2.05, 4.69) is 0 Å². The van der Waals surface area contributed by atoms with Gasteiger partial charge in [-0.1, -0.05) is 12.1 Å². The van der Waals surface area contributed by atoms with Crippen molar-refractivity contribution in [2.75, 3.05) is 20.3 Å². The zero-order valence-corrected chi connectivity index (χ0v) is 12.3. The molecule has 1 aromatic rings. The van der Waals surface area contributed by atoms with E-state index >= 15 is 0 Å². The summed E-state index contributed by atoms with van der Waals surface area (Å²) in [5, 5.41) is 10.3. The molecule has 5 heteroatoms. The van der Waals surface area contributed by atoms with Crippen LogP contribution in [0.4, 0.5) is 4.39 Å². The maximum absolute atomic E-state index is 12.9. The first-order valence-electron chi connectivity index (χ1n) is 7.33. The number of rotatable bonds is 6. The van der Waals surface area contributed by atoms with Gasteiger partial charge >= 0.3 is 0 Å². The average molecular weight is 295 g/mol. The number of likely N-dealkylation sites (tertiary alicyclic amines) is 1. The topological polar surface area (TPSA) is 49.8 Å². The molecule has 1 aromatic carbocycles. The summed E-state index contributed by atoms with van der Waals surface area (Å²) in [7, 11) is 1.58. The first-order valence-corrected chi connectivity index (χ1v) is 7.33. The number of amides is 1. The molecular weight excluding hydrogens is 273 g/mol. The molecule has 1 fully saturated rings. The zero-order valence-electron chi connectivity index (χ0n) is 12.3. The zero-order chi connectivity index (χ0) is 15.2. The molecule has 1 N–H and O–H groups in total. The van der Waals surface area contributed by atoms with Crippen LogP contribution in [0.15, 0.2) is 24.3 Å². The Hall–Kier alpha value is -1.46. The van der Waals surface area contributed by atoms with Gasteiger partial charge in [0.15, 0.2) is 0 Å². The third-order valence-electron chi connectivity index (χ3n) is 3.97. The lowest BCUT2D eigenvalue weighted by molar-refractivity contribution is -0.133. The van der Waals surface area contributed by atoms with Crippen molar-refractivity contribution in [1.29, 1.82) is 0 Å². The predicted molar refractivity (Wildman–Crippen MR) is 77.2 cm³/mol. The van der Waals surface area contributed by atoms with Crippen molar-refractivity contribution in [3.05, 3.63) is 35.6 Å². The summed E-state index contributed by atoms with van der Waals surface area (Å²) in [6.07, 6.45) is 2.05. The molecule has 1 saturated heterocycles. The van der Waals surface area contributed by atoms with E-state index < -0.39 is 6.10 Å². The van der Waals surface area contributed by atoms with Crippen molar-refractivity contribution in [1.82, 2.24) is 4.90 Å². The van der Waals surface area contributed by atoms with Gasteiger partial charge in [0.05, 0.1) is 19.1 Å². The van der Waals surface area contributed by atoms with Gasteiger partial charge in [0, 0.05) is 19.7 Å². The van der Waals surface area contributed by atoms with Crippen molar-refractivity contribution in [3.8, 4) is 0 Å². The van der Waals surface area contributed by atoms with E-state index in [1.807, 2.05) is 4.90 Å². The van der Waals surface area contributed by atoms with Crippen LogP contribution in [0.2, 0.25) is 0 Å². The highest BCUT2D eigenvalue weighted by molar-refractivity contribution is 5.76. The number of carbonyl (C=O) groups is 1. The summed E-state index contributed by atoms with van der Waals surface area (Å²) in [6, 6.07) is 5.91. The monoisotopic (exact) mass is 295 g/mol. The highest BCUT2D eigenvalue weighted by Crippen LogP contribution is 2.28. The van der Waals surface area contributed by atoms with Crippen LogP contribution in [0.5, 0.6) is 0 Å². The highest BCUT2D eigenvalue weighted by atomic mass is 19.1. The molecule has 116 valence electrons. The average Bonchev–Trinajstić information content (AvgIpc) is 2.93. The smallest absolute Gasteiger partial charge is 0.225 e. The van der Waals surface area contributed by atoms with Gasteiger partial charge < -0.3 is 14.7 Å². The van der Waals surface area contributed by atoms with Gasteiger partial charge in [-0.3, -0.25) is 4.79 Å². The van der Waals surface area contributed by atoms with E-state index in [9.17, 15) is 14.3 Å². The molecule has 0 bridgehead atoms. The number of halogens is 1. The Labute approximate surface area is 124 Å². The van der Waals surface area contributed by atoms with E-state index in [-0.39, 0.29) is 17.8 Å². The summed E-state index contributed by atoms with van der Waals surface area (Å²) >= 11 is 0. The molecule has 4 nitrogen and oxygen atoms in total. The molecule has 2 unspecified atom stereocenters. The molecule has 1 heterocycles. The quantitative estimate of drug-likeness (QED) is 0.876. The molecular formula is C16H22FNO3. The summed E-state index contributed by atoms with van der Waals surface area (Å²) in [6.45, 7) is 1.16. The van der Waals surface area contributed by atoms with E-state index in [0.29, 0.717) is 25.0 Å². The Morgan fingerprint density at radius 2 is 2.19 bits per heavy atom. The fraction of sp³-hybridized carbons (Fsp3) is 0.562. The van der Waals surface area contributed by atoms with E-state index in [1.54, 1.807) is 19.2 Å². The third-order valence-corrected chi connectivity index (χ3v) is 3.97. The normalized spacial score (nSPS) is 19.8. The van der Waals surface area contributed by atoms with Crippen LogP contribution in [0.25, 0.3) is 0 Å². The van der Waals surface area contributed by atoms with Crippen LogP contribution < -0.4 is 0 Å². The van der Waals surface area contributed by atoms with Crippen molar-refractivity contribution in [3.63, 3.8) is 0 Å². The van der Waals surface area contributed by atoms with Gasteiger partial charge in [0.25, 0.3) is 0 Å². The third kappa shape index (κ3) is 4.25. The first kappa shape index (κ1) is 15.9. The number of methoxy groups -OCH3 is 1. The number of aliphatic hydroxyl groups is 1. The minimum atomic E-state index is -0.675. The summed E-state index contributed by atoms with van der Waals surface area (Å²) in [5.74, 6) is -0.242. The molecule has 1 aliphatic rings. The van der Waals surface area contributed by atoms with Crippen LogP contribution in [0.3, 0.4) is 0 Å². The SMILES string of the molecule is COCCC(=O)N1CCCC1CC(O)c1ccc(F)cc1. The van der Waals surface area contributed by atoms with E-state index in [1.165, 1.54) is 12.1 Å². The molecule has 0 saturated carbocycles. The van der Waals surface area contributed by atoms with E-state index in [0.717, 1.165) is 19.4 Å². The van der Waals surface area contributed by atoms with E-state index in [4.69, 9.17) is 4.74 Å². The fourth-order valence-corrected chi connectivity index (χ4v) is 2.82. The molecule has 2 atom stereocenters. The molecule has 21 heavy (non-hydrogen) atoms. The molecule has 0 radical (unpaired) electrons. The van der Waals surface area contributed by atoms with Gasteiger partial charge in [0.1, 0.15) is 5.82 Å². The number of aliphatic hydroxyl groups excluding tert-OH is 1. The van der Waals surface area contributed by atoms with Crippen LogP contribution in [-0.4, -0.2) is 42.2 Å². The number of carbonyl (C=O) groups excluding carboxylic acids is 1. The second kappa shape index (κ2) is 7.52. The fourth-order valence-electron chi connectivity index (χ4n) is 2.82. The van der Waals surface area contributed by atoms with Crippen molar-refractivity contribution in [2.24, 2.45) is 0 Å². The number of hydrogen-bond acceptors (Lipinski definition) is 3. The molecule has 0 spiro atoms. The van der Waals surface area contributed by atoms with Crippen LogP contribution in [0, 0.1) is 5.82 Å². The summed E-state index contributed by atoms with van der Waals surface area (Å²) in [4.78, 5) is 13.9. The molecule has 1 amide bonds. The van der Waals surface area contributed by atoms with Gasteiger partial charge in [-0.25, -0.2) is 4.39 Å². The van der Waals surface area contributed by atoms with Gasteiger partial charge in [0.2, 0.25) is 5.91 Å². The van der Waals surface area contributed by atoms with Crippen molar-refractivity contribution < 1.29 is 19.0 Å². The molecule has 0 aromatic heterocycles. The van der Waals surface area contributed by atoms with Crippen LogP contribution >= 0.6 is 0 Å². The standard InChI is InChI=1S/C16H22FNO3/c1-21-10-8-16(20)18-9-2-3-14(18)11-15(19)12-4-6-13(17)7-5-12/h4-7,14-15,19H,2-3,8-11H2,1H3. The molecule has 2 rings (SSSR count). The van der Waals surface area contributed by atoms with Crippen molar-refractivity contribution >= 4 is 5.91 Å². The Morgan fingerprint density at radius 1 is 1.48 bits per heavy atom. The largest absolute Gasteiger partial charge is 0.388 e. The lowest BCUT2D eigenvalue weighted by Gasteiger charge is -2.26. The highest BCUT2D eigenvalue weighted by Gasteiger charge is 2.30. The number of ether oxygens (including phenoxy) is 1. The van der Waals surface area contributed by atoms with Gasteiger partial charge in [-0.15, -0.1) is 0 Å². The van der Waals surface area contributed by atoms with Crippen LogP contribution in [0.1, 0.15) is 37.4 Å². The lowest BCUT2D eigenvalue weighted by Crippen LogP contribution is -2.36. The Morgan fingerprint density at radius 3 is 2.86 bits per heavy atom. The van der Waals surface area contributed by atoms with Crippen LogP contribution in [-0.2, 0) is 9.53 Å². The Kier molecular flexibility index (Phi) is 5.70. The Balaban J connectivity index is 1.94. The second-order valence-electron chi connectivity index (χ2n) is 5.43. The number of nitrogens with zero attached hydrogens (tertiary/aromatic N) is 1. The molecule has 0 aliphatic carbocycles. The Bertz CT molecular complexity index is 463. The number of hydrogen-bond donors (Lipinski definition) is 1. The predicted octanol–water partition coefficient (Wildman–Crippen LogP) is 2.28. The maximum Gasteiger partial charge on any atom is 0.225 e. The summed E-state index contributed by atoms with van der Waals surface area (Å²) < 4.78 is 17.8. The van der Waals surface area contributed by atoms with Gasteiger partial charge in [-0.05, 0) is 37.0 Å². The number of benzene rings is 1. The minimum Gasteiger partial charge on any atom is -0.388 e. The lowest BCUT2D eigenvalue weighted by atomic mass is 10.0. The van der Waals surface area contributed by atoms with Gasteiger partial charge in [-0.2, -0.15) is 0 Å². The first-order chi connectivity index (χ1) is 10.1. The minimum absolute atomic E-state index is 0.0504.